The largest absolute Gasteiger partial charge is 0.326 e. The van der Waals surface area contributed by atoms with E-state index in [0.29, 0.717) is 12.6 Å². The highest BCUT2D eigenvalue weighted by molar-refractivity contribution is 5.13. The second-order valence-electron chi connectivity index (χ2n) is 4.86. The smallest absolute Gasteiger partial charge is 0.0544 e. The van der Waals surface area contributed by atoms with Gasteiger partial charge in [0, 0.05) is 25.3 Å². The molecular weight excluding hydrogens is 198 g/mol. The molecule has 0 aromatic carbocycles. The van der Waals surface area contributed by atoms with Crippen molar-refractivity contribution in [2.24, 2.45) is 11.7 Å². The standard InChI is InChI=1S/C13H21N3/c1-10(12-4-5-12)16(2)9-13-6-3-11(7-14)8-15-13/h3,6,8,10,12H,4-5,7,9,14H2,1-2H3. The fourth-order valence-electron chi connectivity index (χ4n) is 2.01. The van der Waals surface area contributed by atoms with Crippen LogP contribution in [0.25, 0.3) is 0 Å². The molecule has 3 heteroatoms. The van der Waals surface area contributed by atoms with Crippen molar-refractivity contribution in [3.63, 3.8) is 0 Å². The van der Waals surface area contributed by atoms with E-state index in [9.17, 15) is 0 Å². The minimum Gasteiger partial charge on any atom is -0.326 e. The Kier molecular flexibility index (Phi) is 3.56. The lowest BCUT2D eigenvalue weighted by Crippen LogP contribution is -2.30. The van der Waals surface area contributed by atoms with Crippen molar-refractivity contribution in [1.29, 1.82) is 0 Å². The van der Waals surface area contributed by atoms with Crippen LogP contribution in [0.5, 0.6) is 0 Å². The number of aromatic nitrogens is 1. The summed E-state index contributed by atoms with van der Waals surface area (Å²) in [5.41, 5.74) is 7.78. The van der Waals surface area contributed by atoms with Gasteiger partial charge in [-0.1, -0.05) is 6.07 Å². The molecule has 16 heavy (non-hydrogen) atoms. The van der Waals surface area contributed by atoms with Gasteiger partial charge in [-0.3, -0.25) is 9.88 Å². The highest BCUT2D eigenvalue weighted by Crippen LogP contribution is 2.34. The van der Waals surface area contributed by atoms with Crippen LogP contribution in [0.2, 0.25) is 0 Å². The average Bonchev–Trinajstić information content (AvgIpc) is 3.13. The van der Waals surface area contributed by atoms with Crippen molar-refractivity contribution < 1.29 is 0 Å². The summed E-state index contributed by atoms with van der Waals surface area (Å²) in [5.74, 6) is 0.910. The van der Waals surface area contributed by atoms with E-state index < -0.39 is 0 Å². The minimum absolute atomic E-state index is 0.571. The average molecular weight is 219 g/mol. The van der Waals surface area contributed by atoms with Crippen LogP contribution in [0.3, 0.4) is 0 Å². The Hall–Kier alpha value is -0.930. The Morgan fingerprint density at radius 2 is 2.25 bits per heavy atom. The molecule has 1 saturated carbocycles. The molecule has 0 aliphatic heterocycles. The first-order valence-electron chi connectivity index (χ1n) is 6.05. The zero-order valence-electron chi connectivity index (χ0n) is 10.2. The van der Waals surface area contributed by atoms with Gasteiger partial charge >= 0.3 is 0 Å². The number of pyridine rings is 1. The third-order valence-corrected chi connectivity index (χ3v) is 3.53. The summed E-state index contributed by atoms with van der Waals surface area (Å²) in [4.78, 5) is 6.82. The number of hydrogen-bond donors (Lipinski definition) is 1. The molecular formula is C13H21N3. The first-order valence-corrected chi connectivity index (χ1v) is 6.05. The van der Waals surface area contributed by atoms with Gasteiger partial charge in [-0.05, 0) is 44.4 Å². The van der Waals surface area contributed by atoms with Gasteiger partial charge in [0.2, 0.25) is 0 Å². The normalized spacial score (nSPS) is 17.8. The molecule has 2 rings (SSSR count). The number of hydrogen-bond acceptors (Lipinski definition) is 3. The van der Waals surface area contributed by atoms with Gasteiger partial charge in [0.15, 0.2) is 0 Å². The molecule has 3 nitrogen and oxygen atoms in total. The topological polar surface area (TPSA) is 42.1 Å². The Balaban J connectivity index is 1.91. The van der Waals surface area contributed by atoms with Crippen molar-refractivity contribution in [2.75, 3.05) is 7.05 Å². The minimum atomic E-state index is 0.571. The predicted octanol–water partition coefficient (Wildman–Crippen LogP) is 1.77. The van der Waals surface area contributed by atoms with Crippen LogP contribution in [0.15, 0.2) is 18.3 Å². The molecule has 0 bridgehead atoms. The van der Waals surface area contributed by atoms with Crippen LogP contribution in [-0.2, 0) is 13.1 Å². The van der Waals surface area contributed by atoms with Gasteiger partial charge in [0.25, 0.3) is 0 Å². The zero-order valence-corrected chi connectivity index (χ0v) is 10.2. The van der Waals surface area contributed by atoms with Gasteiger partial charge in [-0.15, -0.1) is 0 Å². The third kappa shape index (κ3) is 2.80. The lowest BCUT2D eigenvalue weighted by Gasteiger charge is -2.24. The maximum atomic E-state index is 5.55. The molecule has 1 aliphatic carbocycles. The zero-order chi connectivity index (χ0) is 11.5. The highest BCUT2D eigenvalue weighted by Gasteiger charge is 2.30. The highest BCUT2D eigenvalue weighted by atomic mass is 15.1. The van der Waals surface area contributed by atoms with E-state index in [4.69, 9.17) is 5.73 Å². The van der Waals surface area contributed by atoms with Crippen molar-refractivity contribution >= 4 is 0 Å². The Labute approximate surface area is 97.7 Å². The van der Waals surface area contributed by atoms with Crippen molar-refractivity contribution in [1.82, 2.24) is 9.88 Å². The van der Waals surface area contributed by atoms with E-state index >= 15 is 0 Å². The molecule has 1 unspecified atom stereocenters. The van der Waals surface area contributed by atoms with Crippen LogP contribution in [0.1, 0.15) is 31.0 Å². The number of nitrogens with zero attached hydrogens (tertiary/aromatic N) is 2. The van der Waals surface area contributed by atoms with Crippen LogP contribution in [-0.4, -0.2) is 23.0 Å². The van der Waals surface area contributed by atoms with Crippen molar-refractivity contribution in [3.05, 3.63) is 29.6 Å². The van der Waals surface area contributed by atoms with Crippen LogP contribution in [0.4, 0.5) is 0 Å². The first-order chi connectivity index (χ1) is 7.70. The lowest BCUT2D eigenvalue weighted by molar-refractivity contribution is 0.224. The maximum Gasteiger partial charge on any atom is 0.0544 e. The van der Waals surface area contributed by atoms with Gasteiger partial charge < -0.3 is 5.73 Å². The Bertz CT molecular complexity index is 330. The van der Waals surface area contributed by atoms with Gasteiger partial charge in [-0.25, -0.2) is 0 Å². The van der Waals surface area contributed by atoms with Crippen molar-refractivity contribution in [2.45, 2.75) is 38.9 Å². The third-order valence-electron chi connectivity index (χ3n) is 3.53. The van der Waals surface area contributed by atoms with E-state index in [1.165, 1.54) is 12.8 Å². The van der Waals surface area contributed by atoms with Gasteiger partial charge in [0.05, 0.1) is 5.69 Å². The fraction of sp³-hybridized carbons (Fsp3) is 0.615. The van der Waals surface area contributed by atoms with E-state index in [1.807, 2.05) is 6.20 Å². The molecule has 1 fully saturated rings. The molecule has 1 atom stereocenters. The molecule has 0 radical (unpaired) electrons. The second kappa shape index (κ2) is 4.93. The summed E-state index contributed by atoms with van der Waals surface area (Å²) in [7, 11) is 2.18. The molecule has 2 N–H and O–H groups in total. The summed E-state index contributed by atoms with van der Waals surface area (Å²) in [6.45, 7) is 3.82. The molecule has 1 aliphatic rings. The summed E-state index contributed by atoms with van der Waals surface area (Å²) < 4.78 is 0. The lowest BCUT2D eigenvalue weighted by atomic mass is 10.2. The predicted molar refractivity (Wildman–Crippen MR) is 65.8 cm³/mol. The van der Waals surface area contributed by atoms with Gasteiger partial charge in [0.1, 0.15) is 0 Å². The molecule has 1 heterocycles. The monoisotopic (exact) mass is 219 g/mol. The summed E-state index contributed by atoms with van der Waals surface area (Å²) in [6.07, 6.45) is 4.67. The van der Waals surface area contributed by atoms with Crippen LogP contribution in [0, 0.1) is 5.92 Å². The Morgan fingerprint density at radius 1 is 1.50 bits per heavy atom. The van der Waals surface area contributed by atoms with Gasteiger partial charge in [-0.2, -0.15) is 0 Å². The van der Waals surface area contributed by atoms with E-state index in [1.54, 1.807) is 0 Å². The number of rotatable bonds is 5. The first kappa shape index (κ1) is 11.6. The molecule has 88 valence electrons. The number of nitrogens with two attached hydrogens (primary N) is 1. The molecule has 1 aromatic rings. The molecule has 0 amide bonds. The van der Waals surface area contributed by atoms with E-state index in [0.717, 1.165) is 23.7 Å². The quantitative estimate of drug-likeness (QED) is 0.820. The summed E-state index contributed by atoms with van der Waals surface area (Å²) in [5, 5.41) is 0. The summed E-state index contributed by atoms with van der Waals surface area (Å²) in [6, 6.07) is 4.83. The maximum absolute atomic E-state index is 5.55. The Morgan fingerprint density at radius 3 is 2.75 bits per heavy atom. The van der Waals surface area contributed by atoms with E-state index in [-0.39, 0.29) is 0 Å². The van der Waals surface area contributed by atoms with Crippen LogP contribution < -0.4 is 5.73 Å². The summed E-state index contributed by atoms with van der Waals surface area (Å²) >= 11 is 0. The molecule has 0 saturated heterocycles. The molecule has 0 spiro atoms. The fourth-order valence-corrected chi connectivity index (χ4v) is 2.01. The second-order valence-corrected chi connectivity index (χ2v) is 4.86. The molecule has 1 aromatic heterocycles. The van der Waals surface area contributed by atoms with Crippen molar-refractivity contribution in [3.8, 4) is 0 Å². The SMILES string of the molecule is CC(C1CC1)N(C)Cc1ccc(CN)cn1. The van der Waals surface area contributed by atoms with E-state index in [2.05, 4.69) is 36.0 Å². The van der Waals surface area contributed by atoms with Crippen LogP contribution >= 0.6 is 0 Å².